The highest BCUT2D eigenvalue weighted by Crippen LogP contribution is 2.32. The van der Waals surface area contributed by atoms with Crippen LogP contribution in [0.2, 0.25) is 0 Å². The van der Waals surface area contributed by atoms with E-state index in [1.807, 2.05) is 6.07 Å². The second kappa shape index (κ2) is 7.33. The lowest BCUT2D eigenvalue weighted by Crippen LogP contribution is -2.19. The molecule has 1 aromatic heterocycles. The highest BCUT2D eigenvalue weighted by Gasteiger charge is 2.18. The molecule has 23 heavy (non-hydrogen) atoms. The number of nitrogens with one attached hydrogen (secondary N) is 2. The molecule has 1 aliphatic rings. The first-order valence-corrected chi connectivity index (χ1v) is 9.74. The van der Waals surface area contributed by atoms with E-state index in [0.717, 1.165) is 28.6 Å². The Bertz CT molecular complexity index is 747. The van der Waals surface area contributed by atoms with Gasteiger partial charge in [0.2, 0.25) is 16.2 Å². The van der Waals surface area contributed by atoms with Crippen molar-refractivity contribution in [3.8, 4) is 0 Å². The Morgan fingerprint density at radius 1 is 1.48 bits per heavy atom. The number of thioether (sulfide) groups is 2. The van der Waals surface area contributed by atoms with Gasteiger partial charge in [0.25, 0.3) is 5.91 Å². The Hall–Kier alpha value is -1.58. The van der Waals surface area contributed by atoms with Gasteiger partial charge in [0, 0.05) is 27.7 Å². The van der Waals surface area contributed by atoms with Crippen molar-refractivity contribution in [2.45, 2.75) is 23.4 Å². The third-order valence-electron chi connectivity index (χ3n) is 2.94. The molecule has 0 radical (unpaired) electrons. The van der Waals surface area contributed by atoms with Gasteiger partial charge >= 0.3 is 0 Å². The number of nitrogens with zero attached hydrogens (tertiary/aromatic N) is 2. The summed E-state index contributed by atoms with van der Waals surface area (Å²) in [5, 5.41) is 6.68. The summed E-state index contributed by atoms with van der Waals surface area (Å²) in [5.74, 6) is 1.04. The predicted molar refractivity (Wildman–Crippen MR) is 94.7 cm³/mol. The number of fused-ring (bicyclic) bond motifs is 1. The maximum atomic E-state index is 12.3. The highest BCUT2D eigenvalue weighted by molar-refractivity contribution is 8.00. The van der Waals surface area contributed by atoms with Gasteiger partial charge in [-0.1, -0.05) is 18.7 Å². The van der Waals surface area contributed by atoms with Crippen LogP contribution in [0.25, 0.3) is 0 Å². The summed E-state index contributed by atoms with van der Waals surface area (Å²) < 4.78 is 4.20. The Morgan fingerprint density at radius 3 is 3.17 bits per heavy atom. The van der Waals surface area contributed by atoms with Crippen LogP contribution in [0.15, 0.2) is 28.3 Å². The second-order valence-electron chi connectivity index (χ2n) is 4.73. The highest BCUT2D eigenvalue weighted by atomic mass is 32.2. The lowest BCUT2D eigenvalue weighted by molar-refractivity contribution is -0.113. The van der Waals surface area contributed by atoms with E-state index in [4.69, 9.17) is 0 Å². The number of carbonyl (C=O) groups excluding carboxylic acids is 2. The number of carbonyl (C=O) groups is 2. The van der Waals surface area contributed by atoms with Crippen molar-refractivity contribution < 1.29 is 9.59 Å². The zero-order valence-corrected chi connectivity index (χ0v) is 14.7. The first kappa shape index (κ1) is 16.3. The number of hydrogen-bond acceptors (Lipinski definition) is 7. The van der Waals surface area contributed by atoms with E-state index in [-0.39, 0.29) is 11.8 Å². The fourth-order valence-corrected chi connectivity index (χ4v) is 4.09. The van der Waals surface area contributed by atoms with Crippen LogP contribution in [0.1, 0.15) is 23.7 Å². The van der Waals surface area contributed by atoms with Crippen molar-refractivity contribution in [3.05, 3.63) is 23.8 Å². The third-order valence-corrected chi connectivity index (χ3v) is 5.81. The summed E-state index contributed by atoms with van der Waals surface area (Å²) in [5.41, 5.74) is 1.15. The first-order valence-electron chi connectivity index (χ1n) is 7.00. The van der Waals surface area contributed by atoms with Crippen molar-refractivity contribution in [2.24, 2.45) is 0 Å². The Kier molecular flexibility index (Phi) is 5.19. The molecule has 0 aliphatic carbocycles. The van der Waals surface area contributed by atoms with Gasteiger partial charge in [-0.25, -0.2) is 0 Å². The third kappa shape index (κ3) is 4.04. The van der Waals surface area contributed by atoms with Gasteiger partial charge < -0.3 is 5.32 Å². The van der Waals surface area contributed by atoms with Crippen LogP contribution >= 0.6 is 35.1 Å². The molecule has 1 aromatic carbocycles. The topological polar surface area (TPSA) is 84.0 Å². The van der Waals surface area contributed by atoms with Crippen molar-refractivity contribution >= 4 is 57.7 Å². The van der Waals surface area contributed by atoms with Gasteiger partial charge in [0.05, 0.1) is 11.4 Å². The van der Waals surface area contributed by atoms with Crippen LogP contribution in [0, 0.1) is 0 Å². The van der Waals surface area contributed by atoms with Crippen molar-refractivity contribution in [3.63, 3.8) is 0 Å². The standard InChI is InChI=1S/C14H14N4O2S3/c1-2-5-21-14-17-13(23-18-14)16-12(20)8-3-4-10-9(6-8)15-11(19)7-22-10/h3-4,6H,2,5,7H2,1H3,(H,15,19)(H,16,17,18,20). The second-order valence-corrected chi connectivity index (χ2v) is 7.56. The molecule has 0 spiro atoms. The molecule has 2 aromatic rings. The van der Waals surface area contributed by atoms with Crippen LogP contribution in [0.4, 0.5) is 10.8 Å². The van der Waals surface area contributed by atoms with E-state index < -0.39 is 0 Å². The van der Waals surface area contributed by atoms with E-state index in [1.165, 1.54) is 11.8 Å². The number of hydrogen-bond donors (Lipinski definition) is 2. The average Bonchev–Trinajstić information content (AvgIpc) is 2.99. The molecular formula is C14H14N4O2S3. The lowest BCUT2D eigenvalue weighted by Gasteiger charge is -2.16. The van der Waals surface area contributed by atoms with E-state index in [0.29, 0.717) is 27.3 Å². The fraction of sp³-hybridized carbons (Fsp3) is 0.286. The monoisotopic (exact) mass is 366 g/mol. The van der Waals surface area contributed by atoms with E-state index in [2.05, 4.69) is 26.9 Å². The molecule has 6 nitrogen and oxygen atoms in total. The van der Waals surface area contributed by atoms with Gasteiger partial charge in [-0.15, -0.1) is 11.8 Å². The molecule has 0 unspecified atom stereocenters. The summed E-state index contributed by atoms with van der Waals surface area (Å²) in [6.45, 7) is 2.09. The largest absolute Gasteiger partial charge is 0.324 e. The van der Waals surface area contributed by atoms with E-state index in [1.54, 1.807) is 23.9 Å². The molecule has 9 heteroatoms. The molecule has 2 amide bonds. The number of amides is 2. The van der Waals surface area contributed by atoms with Crippen molar-refractivity contribution in [1.82, 2.24) is 9.36 Å². The van der Waals surface area contributed by atoms with Crippen LogP contribution in [-0.2, 0) is 4.79 Å². The zero-order chi connectivity index (χ0) is 16.2. The Labute approximate surface area is 146 Å². The molecule has 1 aliphatic heterocycles. The summed E-state index contributed by atoms with van der Waals surface area (Å²) in [7, 11) is 0. The van der Waals surface area contributed by atoms with E-state index in [9.17, 15) is 9.59 Å². The van der Waals surface area contributed by atoms with Crippen LogP contribution in [-0.4, -0.2) is 32.7 Å². The smallest absolute Gasteiger partial charge is 0.257 e. The summed E-state index contributed by atoms with van der Waals surface area (Å²) in [6.07, 6.45) is 1.05. The maximum Gasteiger partial charge on any atom is 0.257 e. The van der Waals surface area contributed by atoms with Gasteiger partial charge in [-0.3, -0.25) is 14.9 Å². The molecule has 0 fully saturated rings. The Balaban J connectivity index is 1.69. The van der Waals surface area contributed by atoms with Gasteiger partial charge in [-0.2, -0.15) is 9.36 Å². The van der Waals surface area contributed by atoms with Crippen LogP contribution in [0.5, 0.6) is 0 Å². The normalized spacial score (nSPS) is 13.3. The van der Waals surface area contributed by atoms with Gasteiger partial charge in [0.15, 0.2) is 0 Å². The quantitative estimate of drug-likeness (QED) is 0.790. The van der Waals surface area contributed by atoms with Crippen LogP contribution in [0.3, 0.4) is 0 Å². The number of aromatic nitrogens is 2. The zero-order valence-electron chi connectivity index (χ0n) is 12.3. The van der Waals surface area contributed by atoms with Crippen molar-refractivity contribution in [2.75, 3.05) is 22.1 Å². The first-order chi connectivity index (χ1) is 11.2. The molecule has 120 valence electrons. The Morgan fingerprint density at radius 2 is 2.35 bits per heavy atom. The molecule has 3 rings (SSSR count). The maximum absolute atomic E-state index is 12.3. The minimum Gasteiger partial charge on any atom is -0.324 e. The molecule has 0 saturated carbocycles. The molecular weight excluding hydrogens is 352 g/mol. The molecule has 0 saturated heterocycles. The summed E-state index contributed by atoms with van der Waals surface area (Å²) >= 11 is 4.20. The summed E-state index contributed by atoms with van der Waals surface area (Å²) in [4.78, 5) is 29.0. The van der Waals surface area contributed by atoms with Gasteiger partial charge in [-0.05, 0) is 24.6 Å². The predicted octanol–water partition coefficient (Wildman–Crippen LogP) is 3.34. The van der Waals surface area contributed by atoms with Crippen LogP contribution < -0.4 is 10.6 Å². The number of rotatable bonds is 5. The fourth-order valence-electron chi connectivity index (χ4n) is 1.91. The molecule has 2 N–H and O–H groups in total. The minimum atomic E-state index is -0.263. The molecule has 2 heterocycles. The van der Waals surface area contributed by atoms with E-state index >= 15 is 0 Å². The number of benzene rings is 1. The average molecular weight is 366 g/mol. The number of anilines is 2. The molecule has 0 bridgehead atoms. The SMILES string of the molecule is CCCSc1nsc(NC(=O)c2ccc3c(c2)NC(=O)CS3)n1. The minimum absolute atomic E-state index is 0.0539. The van der Waals surface area contributed by atoms with Crippen molar-refractivity contribution in [1.29, 1.82) is 0 Å². The van der Waals surface area contributed by atoms with Gasteiger partial charge in [0.1, 0.15) is 0 Å². The lowest BCUT2D eigenvalue weighted by atomic mass is 10.2. The summed E-state index contributed by atoms with van der Waals surface area (Å²) in [6, 6.07) is 5.27. The molecule has 0 atom stereocenters.